The third-order valence-corrected chi connectivity index (χ3v) is 3.81. The third kappa shape index (κ3) is 2.18. The van der Waals surface area contributed by atoms with E-state index in [9.17, 15) is 0 Å². The summed E-state index contributed by atoms with van der Waals surface area (Å²) >= 11 is 6.78. The first-order valence-corrected chi connectivity index (χ1v) is 6.09. The van der Waals surface area contributed by atoms with Crippen LogP contribution in [0.5, 0.6) is 0 Å². The zero-order valence-electron chi connectivity index (χ0n) is 8.42. The molecule has 2 aromatic rings. The van der Waals surface area contributed by atoms with Crippen LogP contribution >= 0.6 is 31.9 Å². The maximum absolute atomic E-state index is 5.18. The summed E-state index contributed by atoms with van der Waals surface area (Å²) in [6.07, 6.45) is 1.73. The van der Waals surface area contributed by atoms with Gasteiger partial charge in [-0.1, -0.05) is 0 Å². The molecule has 0 saturated carbocycles. The van der Waals surface area contributed by atoms with Crippen LogP contribution in [0.4, 0.5) is 0 Å². The van der Waals surface area contributed by atoms with Crippen molar-refractivity contribution >= 4 is 31.9 Å². The molecule has 0 N–H and O–H groups in total. The van der Waals surface area contributed by atoms with Crippen molar-refractivity contribution in [3.8, 4) is 0 Å². The van der Waals surface area contributed by atoms with Crippen molar-refractivity contribution in [3.63, 3.8) is 0 Å². The minimum absolute atomic E-state index is 0.730. The first kappa shape index (κ1) is 11.0. The van der Waals surface area contributed by atoms with Gasteiger partial charge in [0.1, 0.15) is 0 Å². The van der Waals surface area contributed by atoms with Crippen molar-refractivity contribution in [3.05, 3.63) is 38.4 Å². The Labute approximate surface area is 105 Å². The molecular weight excluding hydrogens is 324 g/mol. The second kappa shape index (κ2) is 4.14. The molecule has 0 atom stereocenters. The first-order chi connectivity index (χ1) is 7.08. The Hall–Kier alpha value is -0.550. The van der Waals surface area contributed by atoms with Crippen LogP contribution in [0.2, 0.25) is 0 Å². The molecule has 15 heavy (non-hydrogen) atoms. The highest BCUT2D eigenvalue weighted by atomic mass is 79.9. The molecule has 0 aliphatic rings. The Bertz CT molecular complexity index is 488. The molecule has 2 rings (SSSR count). The van der Waals surface area contributed by atoms with Gasteiger partial charge in [0.25, 0.3) is 0 Å². The largest absolute Gasteiger partial charge is 0.457 e. The van der Waals surface area contributed by atoms with Gasteiger partial charge < -0.3 is 4.42 Å². The van der Waals surface area contributed by atoms with E-state index in [1.54, 1.807) is 6.26 Å². The van der Waals surface area contributed by atoms with Gasteiger partial charge in [-0.15, -0.1) is 0 Å². The third-order valence-electron chi connectivity index (χ3n) is 2.25. The standard InChI is InChI=1S/C10H10Br2N2O/c1-6-10(12)7(2)14(13-6)4-8-3-9(11)15-5-8/h3,5H,4H2,1-2H3. The number of aromatic nitrogens is 2. The van der Waals surface area contributed by atoms with E-state index in [-0.39, 0.29) is 0 Å². The van der Waals surface area contributed by atoms with Crippen LogP contribution in [-0.2, 0) is 6.54 Å². The van der Waals surface area contributed by atoms with Gasteiger partial charge in [-0.05, 0) is 51.8 Å². The van der Waals surface area contributed by atoms with Gasteiger partial charge in [0, 0.05) is 5.56 Å². The second-order valence-corrected chi connectivity index (χ2v) is 4.98. The Morgan fingerprint density at radius 3 is 2.60 bits per heavy atom. The summed E-state index contributed by atoms with van der Waals surface area (Å²) in [6.45, 7) is 4.76. The van der Waals surface area contributed by atoms with E-state index in [0.29, 0.717) is 0 Å². The number of halogens is 2. The lowest BCUT2D eigenvalue weighted by Crippen LogP contribution is -2.02. The minimum atomic E-state index is 0.730. The highest BCUT2D eigenvalue weighted by molar-refractivity contribution is 9.10. The summed E-state index contributed by atoms with van der Waals surface area (Å²) in [4.78, 5) is 0. The monoisotopic (exact) mass is 332 g/mol. The number of hydrogen-bond donors (Lipinski definition) is 0. The van der Waals surface area contributed by atoms with Crippen molar-refractivity contribution in [2.75, 3.05) is 0 Å². The van der Waals surface area contributed by atoms with Crippen LogP contribution in [0.15, 0.2) is 25.9 Å². The number of nitrogens with zero attached hydrogens (tertiary/aromatic N) is 2. The van der Waals surface area contributed by atoms with E-state index >= 15 is 0 Å². The number of aryl methyl sites for hydroxylation is 1. The molecule has 3 nitrogen and oxygen atoms in total. The average Bonchev–Trinajstić information content (AvgIpc) is 2.68. The van der Waals surface area contributed by atoms with Crippen molar-refractivity contribution in [2.24, 2.45) is 0 Å². The highest BCUT2D eigenvalue weighted by Gasteiger charge is 2.09. The van der Waals surface area contributed by atoms with Gasteiger partial charge in [0.05, 0.1) is 28.7 Å². The summed E-state index contributed by atoms with van der Waals surface area (Å²) in [5, 5.41) is 4.43. The SMILES string of the molecule is Cc1nn(Cc2coc(Br)c2)c(C)c1Br. The summed E-state index contributed by atoms with van der Waals surface area (Å²) in [5.74, 6) is 0. The lowest BCUT2D eigenvalue weighted by molar-refractivity contribution is 0.535. The van der Waals surface area contributed by atoms with Crippen molar-refractivity contribution in [1.82, 2.24) is 9.78 Å². The zero-order valence-corrected chi connectivity index (χ0v) is 11.6. The average molecular weight is 334 g/mol. The maximum atomic E-state index is 5.18. The van der Waals surface area contributed by atoms with Gasteiger partial charge in [-0.2, -0.15) is 5.10 Å². The molecule has 80 valence electrons. The Kier molecular flexibility index (Phi) is 3.02. The quantitative estimate of drug-likeness (QED) is 0.839. The fourth-order valence-electron chi connectivity index (χ4n) is 1.43. The second-order valence-electron chi connectivity index (χ2n) is 3.40. The molecule has 0 aromatic carbocycles. The Balaban J connectivity index is 2.28. The van der Waals surface area contributed by atoms with Crippen LogP contribution in [0.25, 0.3) is 0 Å². The van der Waals surface area contributed by atoms with Crippen molar-refractivity contribution in [1.29, 1.82) is 0 Å². The normalized spacial score (nSPS) is 10.9. The van der Waals surface area contributed by atoms with E-state index in [2.05, 4.69) is 37.0 Å². The summed E-state index contributed by atoms with van der Waals surface area (Å²) < 4.78 is 8.95. The molecule has 0 radical (unpaired) electrons. The summed E-state index contributed by atoms with van der Waals surface area (Å²) in [5.41, 5.74) is 3.24. The predicted molar refractivity (Wildman–Crippen MR) is 64.9 cm³/mol. The zero-order chi connectivity index (χ0) is 11.0. The van der Waals surface area contributed by atoms with Crippen LogP contribution in [-0.4, -0.2) is 9.78 Å². The van der Waals surface area contributed by atoms with Gasteiger partial charge in [-0.3, -0.25) is 4.68 Å². The van der Waals surface area contributed by atoms with Crippen molar-refractivity contribution < 1.29 is 4.42 Å². The Morgan fingerprint density at radius 1 is 1.40 bits per heavy atom. The molecule has 0 aliphatic heterocycles. The lowest BCUT2D eigenvalue weighted by atomic mass is 10.3. The molecule has 0 aliphatic carbocycles. The van der Waals surface area contributed by atoms with Gasteiger partial charge in [-0.25, -0.2) is 0 Å². The van der Waals surface area contributed by atoms with Gasteiger partial charge in [0.2, 0.25) is 0 Å². The predicted octanol–water partition coefficient (Wildman–Crippen LogP) is 3.67. The van der Waals surface area contributed by atoms with Crippen LogP contribution < -0.4 is 0 Å². The van der Waals surface area contributed by atoms with E-state index in [4.69, 9.17) is 4.42 Å². The Morgan fingerprint density at radius 2 is 2.13 bits per heavy atom. The smallest absolute Gasteiger partial charge is 0.169 e. The number of rotatable bonds is 2. The van der Waals surface area contributed by atoms with Gasteiger partial charge >= 0.3 is 0 Å². The maximum Gasteiger partial charge on any atom is 0.169 e. The fraction of sp³-hybridized carbons (Fsp3) is 0.300. The molecule has 0 bridgehead atoms. The number of furan rings is 1. The van der Waals surface area contributed by atoms with Crippen LogP contribution in [0.3, 0.4) is 0 Å². The highest BCUT2D eigenvalue weighted by Crippen LogP contribution is 2.21. The molecule has 0 spiro atoms. The lowest BCUT2D eigenvalue weighted by Gasteiger charge is -2.00. The van der Waals surface area contributed by atoms with Crippen LogP contribution in [0.1, 0.15) is 17.0 Å². The topological polar surface area (TPSA) is 31.0 Å². The van der Waals surface area contributed by atoms with E-state index in [1.165, 1.54) is 0 Å². The minimum Gasteiger partial charge on any atom is -0.457 e. The van der Waals surface area contributed by atoms with E-state index in [0.717, 1.165) is 32.6 Å². The molecular formula is C10H10Br2N2O. The van der Waals surface area contributed by atoms with Crippen molar-refractivity contribution in [2.45, 2.75) is 20.4 Å². The molecule has 0 amide bonds. The molecule has 0 saturated heterocycles. The summed E-state index contributed by atoms with van der Waals surface area (Å²) in [6, 6.07) is 1.95. The first-order valence-electron chi connectivity index (χ1n) is 4.50. The van der Waals surface area contributed by atoms with Crippen LogP contribution in [0, 0.1) is 13.8 Å². The molecule has 2 aromatic heterocycles. The molecule has 5 heteroatoms. The summed E-state index contributed by atoms with van der Waals surface area (Å²) in [7, 11) is 0. The van der Waals surface area contributed by atoms with Gasteiger partial charge in [0.15, 0.2) is 4.67 Å². The molecule has 0 fully saturated rings. The van der Waals surface area contributed by atoms with E-state index in [1.807, 2.05) is 24.6 Å². The molecule has 2 heterocycles. The fourth-order valence-corrected chi connectivity index (χ4v) is 2.10. The van der Waals surface area contributed by atoms with E-state index < -0.39 is 0 Å². The number of hydrogen-bond acceptors (Lipinski definition) is 2. The molecule has 0 unspecified atom stereocenters.